The van der Waals surface area contributed by atoms with Crippen molar-refractivity contribution in [1.82, 2.24) is 15.6 Å². The van der Waals surface area contributed by atoms with E-state index in [-0.39, 0.29) is 6.04 Å². The fourth-order valence-electron chi connectivity index (χ4n) is 2.10. The molecule has 0 aliphatic rings. The molecule has 0 radical (unpaired) electrons. The van der Waals surface area contributed by atoms with Gasteiger partial charge in [0.05, 0.1) is 6.04 Å². The average Bonchev–Trinajstić information content (AvgIpc) is 2.56. The van der Waals surface area contributed by atoms with Crippen molar-refractivity contribution in [2.24, 2.45) is 0 Å². The first kappa shape index (κ1) is 16.0. The van der Waals surface area contributed by atoms with E-state index in [0.717, 1.165) is 11.3 Å². The van der Waals surface area contributed by atoms with E-state index in [1.165, 1.54) is 0 Å². The maximum absolute atomic E-state index is 11.9. The van der Waals surface area contributed by atoms with E-state index < -0.39 is 6.09 Å². The summed E-state index contributed by atoms with van der Waals surface area (Å²) in [4.78, 5) is 16.2. The predicted octanol–water partition coefficient (Wildman–Crippen LogP) is 2.31. The average molecular weight is 299 g/mol. The molecule has 0 fully saturated rings. The Bertz CT molecular complexity index is 561. The van der Waals surface area contributed by atoms with Crippen molar-refractivity contribution < 1.29 is 9.53 Å². The fraction of sp³-hybridized carbons (Fsp3) is 0.294. The molecule has 2 rings (SSSR count). The van der Waals surface area contributed by atoms with Gasteiger partial charge in [0.25, 0.3) is 0 Å². The van der Waals surface area contributed by atoms with Crippen molar-refractivity contribution >= 4 is 6.09 Å². The van der Waals surface area contributed by atoms with Gasteiger partial charge in [0.1, 0.15) is 6.61 Å². The maximum atomic E-state index is 11.9. The van der Waals surface area contributed by atoms with Crippen LogP contribution in [-0.4, -0.2) is 31.3 Å². The molecule has 0 aliphatic carbocycles. The van der Waals surface area contributed by atoms with Crippen LogP contribution in [0.2, 0.25) is 0 Å². The number of aromatic nitrogens is 1. The fourth-order valence-corrected chi connectivity index (χ4v) is 2.10. The van der Waals surface area contributed by atoms with E-state index in [2.05, 4.69) is 15.6 Å². The van der Waals surface area contributed by atoms with E-state index in [9.17, 15) is 4.79 Å². The van der Waals surface area contributed by atoms with E-state index in [0.29, 0.717) is 19.6 Å². The number of likely N-dealkylation sites (N-methyl/N-ethyl adjacent to an activating group) is 1. The molecule has 0 spiro atoms. The van der Waals surface area contributed by atoms with E-state index in [4.69, 9.17) is 4.74 Å². The standard InChI is InChI=1S/C17H21N3O2/c1-18-11-12-22-17(21)20-16(14-7-3-2-4-8-14)13-15-9-5-6-10-19-15/h2-10,16,18H,11-13H2,1H3,(H,20,21). The Hall–Kier alpha value is -2.40. The number of carbonyl (C=O) groups excluding carboxylic acids is 1. The molecule has 1 amide bonds. The number of rotatable bonds is 7. The Morgan fingerprint density at radius 3 is 2.64 bits per heavy atom. The van der Waals surface area contributed by atoms with Gasteiger partial charge in [0.15, 0.2) is 0 Å². The first-order valence-corrected chi connectivity index (χ1v) is 7.32. The van der Waals surface area contributed by atoms with Gasteiger partial charge < -0.3 is 15.4 Å². The summed E-state index contributed by atoms with van der Waals surface area (Å²) >= 11 is 0. The molecule has 1 atom stereocenters. The molecule has 5 heteroatoms. The molecular weight excluding hydrogens is 278 g/mol. The van der Waals surface area contributed by atoms with Crippen LogP contribution in [0.3, 0.4) is 0 Å². The summed E-state index contributed by atoms with van der Waals surface area (Å²) < 4.78 is 5.14. The number of hydrogen-bond donors (Lipinski definition) is 2. The first-order valence-electron chi connectivity index (χ1n) is 7.32. The lowest BCUT2D eigenvalue weighted by atomic mass is 10.0. The van der Waals surface area contributed by atoms with Crippen LogP contribution >= 0.6 is 0 Å². The predicted molar refractivity (Wildman–Crippen MR) is 85.5 cm³/mol. The zero-order valence-electron chi connectivity index (χ0n) is 12.7. The second-order valence-corrected chi connectivity index (χ2v) is 4.87. The summed E-state index contributed by atoms with van der Waals surface area (Å²) in [6, 6.07) is 15.4. The van der Waals surface area contributed by atoms with Crippen LogP contribution in [0.25, 0.3) is 0 Å². The van der Waals surface area contributed by atoms with Gasteiger partial charge in [-0.3, -0.25) is 4.98 Å². The van der Waals surface area contributed by atoms with Gasteiger partial charge in [-0.1, -0.05) is 36.4 Å². The van der Waals surface area contributed by atoms with Crippen molar-refractivity contribution in [2.75, 3.05) is 20.2 Å². The zero-order chi connectivity index (χ0) is 15.6. The van der Waals surface area contributed by atoms with Gasteiger partial charge in [-0.05, 0) is 24.7 Å². The number of nitrogens with one attached hydrogen (secondary N) is 2. The Morgan fingerprint density at radius 2 is 1.95 bits per heavy atom. The SMILES string of the molecule is CNCCOC(=O)NC(Cc1ccccn1)c1ccccc1. The van der Waals surface area contributed by atoms with Gasteiger partial charge in [0, 0.05) is 24.9 Å². The van der Waals surface area contributed by atoms with Crippen LogP contribution in [0.5, 0.6) is 0 Å². The highest BCUT2D eigenvalue weighted by Crippen LogP contribution is 2.17. The number of ether oxygens (including phenoxy) is 1. The molecule has 2 aromatic rings. The lowest BCUT2D eigenvalue weighted by molar-refractivity contribution is 0.143. The monoisotopic (exact) mass is 299 g/mol. The number of pyridine rings is 1. The molecule has 1 unspecified atom stereocenters. The van der Waals surface area contributed by atoms with Gasteiger partial charge >= 0.3 is 6.09 Å². The minimum atomic E-state index is -0.417. The van der Waals surface area contributed by atoms with Gasteiger partial charge in [-0.15, -0.1) is 0 Å². The molecule has 22 heavy (non-hydrogen) atoms. The topological polar surface area (TPSA) is 63.2 Å². The summed E-state index contributed by atoms with van der Waals surface area (Å²) in [5.74, 6) is 0. The highest BCUT2D eigenvalue weighted by molar-refractivity contribution is 5.68. The summed E-state index contributed by atoms with van der Waals surface area (Å²) in [7, 11) is 1.81. The summed E-state index contributed by atoms with van der Waals surface area (Å²) in [5.41, 5.74) is 1.95. The molecule has 2 N–H and O–H groups in total. The second-order valence-electron chi connectivity index (χ2n) is 4.87. The van der Waals surface area contributed by atoms with Crippen molar-refractivity contribution in [3.63, 3.8) is 0 Å². The van der Waals surface area contributed by atoms with Crippen LogP contribution in [0.15, 0.2) is 54.7 Å². The van der Waals surface area contributed by atoms with Crippen LogP contribution in [-0.2, 0) is 11.2 Å². The van der Waals surface area contributed by atoms with E-state index in [1.807, 2.05) is 55.6 Å². The molecule has 116 valence electrons. The minimum Gasteiger partial charge on any atom is -0.448 e. The minimum absolute atomic E-state index is 0.168. The van der Waals surface area contributed by atoms with Gasteiger partial charge in [-0.2, -0.15) is 0 Å². The normalized spacial score (nSPS) is 11.7. The number of alkyl carbamates (subject to hydrolysis) is 1. The third-order valence-electron chi connectivity index (χ3n) is 3.22. The number of nitrogens with zero attached hydrogens (tertiary/aromatic N) is 1. The van der Waals surface area contributed by atoms with Crippen LogP contribution in [0.4, 0.5) is 4.79 Å². The maximum Gasteiger partial charge on any atom is 0.407 e. The molecule has 0 aliphatic heterocycles. The zero-order valence-corrected chi connectivity index (χ0v) is 12.7. The van der Waals surface area contributed by atoms with Crippen LogP contribution in [0, 0.1) is 0 Å². The molecule has 0 bridgehead atoms. The van der Waals surface area contributed by atoms with Crippen molar-refractivity contribution in [1.29, 1.82) is 0 Å². The summed E-state index contributed by atoms with van der Waals surface area (Å²) in [6.07, 6.45) is 1.95. The summed E-state index contributed by atoms with van der Waals surface area (Å²) in [6.45, 7) is 0.969. The third kappa shape index (κ3) is 5.18. The number of amides is 1. The molecular formula is C17H21N3O2. The van der Waals surface area contributed by atoms with Crippen molar-refractivity contribution in [3.05, 3.63) is 66.0 Å². The molecule has 0 saturated carbocycles. The highest BCUT2D eigenvalue weighted by Gasteiger charge is 2.16. The Kier molecular flexibility index (Phi) is 6.39. The van der Waals surface area contributed by atoms with Gasteiger partial charge in [0.2, 0.25) is 0 Å². The molecule has 0 saturated heterocycles. The van der Waals surface area contributed by atoms with Crippen molar-refractivity contribution in [2.45, 2.75) is 12.5 Å². The smallest absolute Gasteiger partial charge is 0.407 e. The molecule has 1 heterocycles. The Balaban J connectivity index is 2.04. The number of carbonyl (C=O) groups is 1. The molecule has 1 aromatic carbocycles. The lowest BCUT2D eigenvalue weighted by Crippen LogP contribution is -2.32. The third-order valence-corrected chi connectivity index (χ3v) is 3.22. The first-order chi connectivity index (χ1) is 10.8. The number of benzene rings is 1. The summed E-state index contributed by atoms with van der Waals surface area (Å²) in [5, 5.41) is 5.84. The van der Waals surface area contributed by atoms with Crippen molar-refractivity contribution in [3.8, 4) is 0 Å². The number of hydrogen-bond acceptors (Lipinski definition) is 4. The van der Waals surface area contributed by atoms with E-state index in [1.54, 1.807) is 6.20 Å². The van der Waals surface area contributed by atoms with Gasteiger partial charge in [-0.25, -0.2) is 4.79 Å². The second kappa shape index (κ2) is 8.79. The van der Waals surface area contributed by atoms with Crippen LogP contribution in [0.1, 0.15) is 17.3 Å². The highest BCUT2D eigenvalue weighted by atomic mass is 16.5. The van der Waals surface area contributed by atoms with E-state index >= 15 is 0 Å². The molecule has 1 aromatic heterocycles. The lowest BCUT2D eigenvalue weighted by Gasteiger charge is -2.19. The quantitative estimate of drug-likeness (QED) is 0.770. The Labute approximate surface area is 130 Å². The molecule has 5 nitrogen and oxygen atoms in total. The largest absolute Gasteiger partial charge is 0.448 e. The van der Waals surface area contributed by atoms with Crippen LogP contribution < -0.4 is 10.6 Å². The Morgan fingerprint density at radius 1 is 1.18 bits per heavy atom.